The third-order valence-corrected chi connectivity index (χ3v) is 3.16. The third kappa shape index (κ3) is 1.71. The average molecular weight is 284 g/mol. The number of halogens is 1. The van der Waals surface area contributed by atoms with Crippen molar-refractivity contribution >= 4 is 32.9 Å². The van der Waals surface area contributed by atoms with Gasteiger partial charge in [0.05, 0.1) is 12.0 Å². The summed E-state index contributed by atoms with van der Waals surface area (Å²) in [4.78, 5) is 11.6. The van der Waals surface area contributed by atoms with E-state index in [0.717, 1.165) is 10.0 Å². The Bertz CT molecular complexity index is 547. The zero-order valence-electron chi connectivity index (χ0n) is 8.91. The molecule has 1 aromatic carbocycles. The van der Waals surface area contributed by atoms with Crippen LogP contribution in [-0.4, -0.2) is 17.7 Å². The standard InChI is InChI=1S/C11H10BrNO3/c1-3-15-11(14)10-9-6(2)7(12)4-5-8(9)16-13-10/h4-5H,3H2,1-2H3. The maximum Gasteiger partial charge on any atom is 0.361 e. The highest BCUT2D eigenvalue weighted by atomic mass is 79.9. The molecule has 0 atom stereocenters. The first-order valence-electron chi connectivity index (χ1n) is 4.86. The van der Waals surface area contributed by atoms with E-state index in [4.69, 9.17) is 9.26 Å². The number of nitrogens with zero attached hydrogens (tertiary/aromatic N) is 1. The number of esters is 1. The second-order valence-electron chi connectivity index (χ2n) is 3.30. The average Bonchev–Trinajstić information content (AvgIpc) is 2.68. The van der Waals surface area contributed by atoms with Gasteiger partial charge in [-0.2, -0.15) is 0 Å². The van der Waals surface area contributed by atoms with Crippen LogP contribution < -0.4 is 0 Å². The number of benzene rings is 1. The molecule has 0 aliphatic carbocycles. The van der Waals surface area contributed by atoms with Crippen molar-refractivity contribution in [1.82, 2.24) is 5.16 Å². The summed E-state index contributed by atoms with van der Waals surface area (Å²) in [5.41, 5.74) is 1.74. The third-order valence-electron chi connectivity index (χ3n) is 2.30. The number of aromatic nitrogens is 1. The molecule has 16 heavy (non-hydrogen) atoms. The van der Waals surface area contributed by atoms with Gasteiger partial charge in [0, 0.05) is 4.47 Å². The summed E-state index contributed by atoms with van der Waals surface area (Å²) in [6.45, 7) is 3.97. The van der Waals surface area contributed by atoms with Crippen LogP contribution in [0.5, 0.6) is 0 Å². The number of hydrogen-bond donors (Lipinski definition) is 0. The van der Waals surface area contributed by atoms with Crippen LogP contribution in [0, 0.1) is 6.92 Å². The van der Waals surface area contributed by atoms with Crippen molar-refractivity contribution < 1.29 is 14.1 Å². The van der Waals surface area contributed by atoms with Crippen molar-refractivity contribution in [2.45, 2.75) is 13.8 Å². The Labute approximate surface area is 101 Å². The number of carbonyl (C=O) groups excluding carboxylic acids is 1. The highest BCUT2D eigenvalue weighted by Crippen LogP contribution is 2.28. The molecule has 0 spiro atoms. The summed E-state index contributed by atoms with van der Waals surface area (Å²) in [7, 11) is 0. The van der Waals surface area contributed by atoms with Crippen LogP contribution in [0.15, 0.2) is 21.1 Å². The fourth-order valence-electron chi connectivity index (χ4n) is 1.51. The maximum atomic E-state index is 11.6. The molecule has 1 aromatic heterocycles. The Hall–Kier alpha value is -1.36. The number of carbonyl (C=O) groups is 1. The summed E-state index contributed by atoms with van der Waals surface area (Å²) in [6.07, 6.45) is 0. The normalized spacial score (nSPS) is 10.7. The van der Waals surface area contributed by atoms with Crippen molar-refractivity contribution in [3.05, 3.63) is 27.9 Å². The summed E-state index contributed by atoms with van der Waals surface area (Å²) in [5, 5.41) is 4.45. The molecule has 84 valence electrons. The maximum absolute atomic E-state index is 11.6. The Balaban J connectivity index is 2.63. The first-order chi connectivity index (χ1) is 7.65. The molecule has 0 aliphatic heterocycles. The van der Waals surface area contributed by atoms with E-state index < -0.39 is 5.97 Å². The van der Waals surface area contributed by atoms with Crippen LogP contribution >= 0.6 is 15.9 Å². The first kappa shape index (κ1) is 11.1. The number of rotatable bonds is 2. The van der Waals surface area contributed by atoms with Crippen LogP contribution in [0.3, 0.4) is 0 Å². The van der Waals surface area contributed by atoms with E-state index in [1.807, 2.05) is 13.0 Å². The lowest BCUT2D eigenvalue weighted by molar-refractivity contribution is 0.0517. The van der Waals surface area contributed by atoms with E-state index in [1.54, 1.807) is 13.0 Å². The fraction of sp³-hybridized carbons (Fsp3) is 0.273. The van der Waals surface area contributed by atoms with Gasteiger partial charge in [-0.25, -0.2) is 4.79 Å². The Morgan fingerprint density at radius 1 is 1.56 bits per heavy atom. The monoisotopic (exact) mass is 283 g/mol. The molecule has 0 saturated heterocycles. The Morgan fingerprint density at radius 3 is 3.00 bits per heavy atom. The van der Waals surface area contributed by atoms with Gasteiger partial charge in [0.25, 0.3) is 0 Å². The molecule has 0 saturated carbocycles. The number of aryl methyl sites for hydroxylation is 1. The van der Waals surface area contributed by atoms with E-state index in [0.29, 0.717) is 17.6 Å². The van der Waals surface area contributed by atoms with Crippen molar-refractivity contribution in [1.29, 1.82) is 0 Å². The lowest BCUT2D eigenvalue weighted by Gasteiger charge is -2.00. The van der Waals surface area contributed by atoms with E-state index in [1.165, 1.54) is 0 Å². The zero-order valence-corrected chi connectivity index (χ0v) is 10.5. The van der Waals surface area contributed by atoms with Gasteiger partial charge in [-0.1, -0.05) is 21.1 Å². The molecule has 5 heteroatoms. The van der Waals surface area contributed by atoms with Crippen LogP contribution in [0.25, 0.3) is 11.0 Å². The van der Waals surface area contributed by atoms with Gasteiger partial charge >= 0.3 is 5.97 Å². The molecule has 0 unspecified atom stereocenters. The second kappa shape index (κ2) is 4.25. The molecule has 2 aromatic rings. The minimum atomic E-state index is -0.456. The van der Waals surface area contributed by atoms with Crippen LogP contribution in [0.4, 0.5) is 0 Å². The van der Waals surface area contributed by atoms with Gasteiger partial charge in [-0.3, -0.25) is 0 Å². The molecular formula is C11H10BrNO3. The highest BCUT2D eigenvalue weighted by Gasteiger charge is 2.19. The van der Waals surface area contributed by atoms with Gasteiger partial charge in [-0.15, -0.1) is 0 Å². The molecule has 1 heterocycles. The quantitative estimate of drug-likeness (QED) is 0.795. The summed E-state index contributed by atoms with van der Waals surface area (Å²) < 4.78 is 10.9. The number of hydrogen-bond acceptors (Lipinski definition) is 4. The molecule has 0 amide bonds. The molecule has 0 aliphatic rings. The van der Waals surface area contributed by atoms with E-state index in [2.05, 4.69) is 21.1 Å². The van der Waals surface area contributed by atoms with Gasteiger partial charge < -0.3 is 9.26 Å². The van der Waals surface area contributed by atoms with E-state index in [-0.39, 0.29) is 5.69 Å². The van der Waals surface area contributed by atoms with Gasteiger partial charge in [0.1, 0.15) is 0 Å². The van der Waals surface area contributed by atoms with Crippen molar-refractivity contribution in [2.75, 3.05) is 6.61 Å². The number of ether oxygens (including phenoxy) is 1. The van der Waals surface area contributed by atoms with Crippen molar-refractivity contribution in [3.63, 3.8) is 0 Å². The molecule has 0 bridgehead atoms. The van der Waals surface area contributed by atoms with E-state index >= 15 is 0 Å². The van der Waals surface area contributed by atoms with Gasteiger partial charge in [-0.05, 0) is 31.5 Å². The van der Waals surface area contributed by atoms with Crippen LogP contribution in [0.1, 0.15) is 23.0 Å². The predicted molar refractivity (Wildman–Crippen MR) is 62.4 cm³/mol. The Kier molecular flexibility index (Phi) is 2.96. The fourth-order valence-corrected chi connectivity index (χ4v) is 1.84. The number of fused-ring (bicyclic) bond motifs is 1. The van der Waals surface area contributed by atoms with Crippen LogP contribution in [0.2, 0.25) is 0 Å². The van der Waals surface area contributed by atoms with Crippen molar-refractivity contribution in [3.8, 4) is 0 Å². The SMILES string of the molecule is CCOC(=O)c1noc2ccc(Br)c(C)c12. The second-order valence-corrected chi connectivity index (χ2v) is 4.15. The minimum Gasteiger partial charge on any atom is -0.461 e. The molecule has 0 fully saturated rings. The van der Waals surface area contributed by atoms with Gasteiger partial charge in [0.15, 0.2) is 11.3 Å². The Morgan fingerprint density at radius 2 is 2.31 bits per heavy atom. The van der Waals surface area contributed by atoms with Gasteiger partial charge in [0.2, 0.25) is 0 Å². The molecule has 2 rings (SSSR count). The lowest BCUT2D eigenvalue weighted by Crippen LogP contribution is -2.05. The van der Waals surface area contributed by atoms with Crippen LogP contribution in [-0.2, 0) is 4.74 Å². The first-order valence-corrected chi connectivity index (χ1v) is 5.66. The minimum absolute atomic E-state index is 0.232. The summed E-state index contributed by atoms with van der Waals surface area (Å²) in [6, 6.07) is 3.62. The van der Waals surface area contributed by atoms with Crippen molar-refractivity contribution in [2.24, 2.45) is 0 Å². The lowest BCUT2D eigenvalue weighted by atomic mass is 10.1. The predicted octanol–water partition coefficient (Wildman–Crippen LogP) is 3.08. The highest BCUT2D eigenvalue weighted by molar-refractivity contribution is 9.10. The molecule has 4 nitrogen and oxygen atoms in total. The topological polar surface area (TPSA) is 52.3 Å². The molecule has 0 radical (unpaired) electrons. The molecular weight excluding hydrogens is 274 g/mol. The molecule has 0 N–H and O–H groups in total. The summed E-state index contributed by atoms with van der Waals surface area (Å²) in [5.74, 6) is -0.456. The smallest absolute Gasteiger partial charge is 0.361 e. The largest absolute Gasteiger partial charge is 0.461 e. The zero-order chi connectivity index (χ0) is 11.7. The summed E-state index contributed by atoms with van der Waals surface area (Å²) >= 11 is 3.40. The van der Waals surface area contributed by atoms with E-state index in [9.17, 15) is 4.79 Å².